The molecule has 3 N–H and O–H groups in total. The molecule has 0 spiro atoms. The molecule has 1 aliphatic heterocycles. The molecular formula is C76H141N5O6S2. The Kier molecular flexibility index (Phi) is 64.3. The fourth-order valence-electron chi connectivity index (χ4n) is 11.7. The normalized spacial score (nSPS) is 15.3. The molecule has 1 fully saturated rings. The summed E-state index contributed by atoms with van der Waals surface area (Å²) < 4.78 is 5.74. The summed E-state index contributed by atoms with van der Waals surface area (Å²) in [4.78, 5) is 34.5. The van der Waals surface area contributed by atoms with Crippen LogP contribution in [0.2, 0.25) is 0 Å². The fourth-order valence-corrected chi connectivity index (χ4v) is 13.8. The van der Waals surface area contributed by atoms with Crippen molar-refractivity contribution >= 4 is 27.6 Å². The minimum Gasteiger partial charge on any atom is -0.464 e. The standard InChI is InChI=1S/C76H141N5O6S2/c1-5-9-13-17-21-25-27-29-31-33-35-37-41-45-52-72(77-86)68-80(69-73(82)53-46-44-40-36-34-32-30-28-26-22-18-14-10-6-2)57-49-50-66-88-89-67-64-79-61-59-78(60-62-79)63-65-87-76(85)56-51-58-81(70-74(83)54-47-42-38-23-19-15-11-7-3)71-75(84)55-48-43-39-24-20-16-12-8-4/h9-10,13-14,21-22,25-26,29-32,72-75,82-84H,5-8,11-12,15-20,23-24,27-28,33-71H2,1-4H3/b13-9-,14-10-,25-21-,26-22-,31-29-,32-30-. The first kappa shape index (κ1) is 84.9. The van der Waals surface area contributed by atoms with Crippen LogP contribution in [0.3, 0.4) is 0 Å². The van der Waals surface area contributed by atoms with Gasteiger partial charge in [-0.05, 0) is 122 Å². The summed E-state index contributed by atoms with van der Waals surface area (Å²) in [7, 11) is 3.94. The number of aliphatic hydroxyl groups excluding tert-OH is 3. The molecule has 1 aliphatic rings. The van der Waals surface area contributed by atoms with Crippen molar-refractivity contribution in [2.75, 3.05) is 96.6 Å². The van der Waals surface area contributed by atoms with E-state index in [1.165, 1.54) is 116 Å². The van der Waals surface area contributed by atoms with Crippen LogP contribution in [-0.2, 0) is 9.53 Å². The van der Waals surface area contributed by atoms with E-state index < -0.39 is 12.2 Å². The SMILES string of the molecule is CC/C=C\C/C=C\C/C=C\CCCCCCC(O)CN(CCCCSSCCN1CCN(CCOC(=O)CCCN(CC(O)CCCCCCCCCC)CC(O)CCCCCCCCCC)CC1)CC(CCCCCC/C=C\C/C=C\C/C=C\CC)N=O. The first-order valence-electron chi connectivity index (χ1n) is 37.3. The summed E-state index contributed by atoms with van der Waals surface area (Å²) in [5.74, 6) is 2.04. The van der Waals surface area contributed by atoms with Crippen molar-refractivity contribution in [2.24, 2.45) is 5.18 Å². The van der Waals surface area contributed by atoms with E-state index in [0.717, 1.165) is 186 Å². The number of unbranched alkanes of at least 4 members (excludes halogenated alkanes) is 23. The zero-order chi connectivity index (χ0) is 64.4. The minimum absolute atomic E-state index is 0.152. The number of hydrogen-bond acceptors (Lipinski definition) is 13. The Balaban J connectivity index is 2.45. The maximum atomic E-state index is 12.9. The van der Waals surface area contributed by atoms with E-state index >= 15 is 0 Å². The number of aliphatic hydroxyl groups is 3. The van der Waals surface area contributed by atoms with Gasteiger partial charge in [0.15, 0.2) is 0 Å². The Morgan fingerprint density at radius 3 is 1.28 bits per heavy atom. The lowest BCUT2D eigenvalue weighted by Crippen LogP contribution is -2.47. The van der Waals surface area contributed by atoms with Gasteiger partial charge in [0.1, 0.15) is 12.6 Å². The molecule has 0 radical (unpaired) electrons. The number of piperazine rings is 1. The van der Waals surface area contributed by atoms with Gasteiger partial charge < -0.3 is 20.1 Å². The van der Waals surface area contributed by atoms with E-state index in [-0.39, 0.29) is 18.1 Å². The van der Waals surface area contributed by atoms with Crippen molar-refractivity contribution < 1.29 is 24.9 Å². The summed E-state index contributed by atoms with van der Waals surface area (Å²) in [6, 6.07) is -0.230. The van der Waals surface area contributed by atoms with Gasteiger partial charge in [-0.3, -0.25) is 24.4 Å². The van der Waals surface area contributed by atoms with E-state index in [4.69, 9.17) is 4.74 Å². The lowest BCUT2D eigenvalue weighted by atomic mass is 10.0. The quantitative estimate of drug-likeness (QED) is 0.0176. The minimum atomic E-state index is -0.411. The molecule has 0 amide bonds. The summed E-state index contributed by atoms with van der Waals surface area (Å²) in [6.07, 6.45) is 69.7. The molecule has 13 heteroatoms. The second-order valence-corrected chi connectivity index (χ2v) is 28.4. The lowest BCUT2D eigenvalue weighted by molar-refractivity contribution is -0.144. The molecular weight excluding hydrogens is 1140 g/mol. The molecule has 89 heavy (non-hydrogen) atoms. The number of ether oxygens (including phenoxy) is 1. The van der Waals surface area contributed by atoms with Crippen LogP contribution in [0.15, 0.2) is 78.1 Å². The highest BCUT2D eigenvalue weighted by Crippen LogP contribution is 2.24. The van der Waals surface area contributed by atoms with Gasteiger partial charge in [-0.1, -0.05) is 269 Å². The molecule has 1 saturated heterocycles. The van der Waals surface area contributed by atoms with Gasteiger partial charge >= 0.3 is 5.97 Å². The van der Waals surface area contributed by atoms with Crippen LogP contribution >= 0.6 is 21.6 Å². The van der Waals surface area contributed by atoms with Crippen LogP contribution in [-0.4, -0.2) is 162 Å². The lowest BCUT2D eigenvalue weighted by Gasteiger charge is -2.34. The molecule has 4 unspecified atom stereocenters. The van der Waals surface area contributed by atoms with Crippen molar-refractivity contribution in [3.8, 4) is 0 Å². The second kappa shape index (κ2) is 67.4. The van der Waals surface area contributed by atoms with Gasteiger partial charge in [-0.25, -0.2) is 0 Å². The number of nitroso groups, excluding NO2 is 1. The molecule has 0 aromatic rings. The number of rotatable bonds is 67. The van der Waals surface area contributed by atoms with Gasteiger partial charge in [0.05, 0.1) is 18.3 Å². The molecule has 1 rings (SSSR count). The highest BCUT2D eigenvalue weighted by atomic mass is 33.1. The number of carbonyl (C=O) groups excluding carboxylic acids is 1. The zero-order valence-electron chi connectivity index (χ0n) is 58.2. The van der Waals surface area contributed by atoms with Crippen LogP contribution in [0.1, 0.15) is 285 Å². The molecule has 0 saturated carbocycles. The number of carbonyl (C=O) groups is 1. The van der Waals surface area contributed by atoms with Gasteiger partial charge in [0.2, 0.25) is 0 Å². The Bertz CT molecular complexity index is 1680. The van der Waals surface area contributed by atoms with E-state index in [9.17, 15) is 25.0 Å². The number of nitrogens with zero attached hydrogens (tertiary/aromatic N) is 5. The molecule has 0 aliphatic carbocycles. The molecule has 0 bridgehead atoms. The Hall–Kier alpha value is -2.07. The Morgan fingerprint density at radius 1 is 0.438 bits per heavy atom. The van der Waals surface area contributed by atoms with Gasteiger partial charge in [0.25, 0.3) is 0 Å². The van der Waals surface area contributed by atoms with Crippen LogP contribution in [0.25, 0.3) is 0 Å². The predicted octanol–water partition coefficient (Wildman–Crippen LogP) is 19.4. The molecule has 11 nitrogen and oxygen atoms in total. The third-order valence-corrected chi connectivity index (χ3v) is 19.7. The monoisotopic (exact) mass is 1280 g/mol. The fraction of sp³-hybridized carbons (Fsp3) is 0.829. The first-order chi connectivity index (χ1) is 43.7. The van der Waals surface area contributed by atoms with E-state index in [0.29, 0.717) is 52.2 Å². The van der Waals surface area contributed by atoms with Crippen LogP contribution in [0.5, 0.6) is 0 Å². The van der Waals surface area contributed by atoms with Crippen molar-refractivity contribution in [3.63, 3.8) is 0 Å². The molecule has 0 aromatic heterocycles. The maximum Gasteiger partial charge on any atom is 0.305 e. The van der Waals surface area contributed by atoms with Crippen LogP contribution < -0.4 is 0 Å². The molecule has 0 aromatic carbocycles. The van der Waals surface area contributed by atoms with E-state index in [2.05, 4.69) is 125 Å². The van der Waals surface area contributed by atoms with E-state index in [1.807, 2.05) is 21.6 Å². The Morgan fingerprint density at radius 2 is 0.820 bits per heavy atom. The molecule has 518 valence electrons. The number of esters is 1. The van der Waals surface area contributed by atoms with Crippen molar-refractivity contribution in [1.29, 1.82) is 0 Å². The average Bonchev–Trinajstić information content (AvgIpc) is 3.63. The zero-order valence-corrected chi connectivity index (χ0v) is 59.9. The number of allylic oxidation sites excluding steroid dienone is 12. The summed E-state index contributed by atoms with van der Waals surface area (Å²) in [5.41, 5.74) is 0. The number of hydrogen-bond donors (Lipinski definition) is 3. The highest BCUT2D eigenvalue weighted by molar-refractivity contribution is 8.76. The van der Waals surface area contributed by atoms with Crippen LogP contribution in [0, 0.1) is 4.91 Å². The first-order valence-corrected chi connectivity index (χ1v) is 39.8. The topological polar surface area (TPSA) is 129 Å². The maximum absolute atomic E-state index is 12.9. The summed E-state index contributed by atoms with van der Waals surface area (Å²) >= 11 is 0. The Labute approximate surface area is 557 Å². The molecule has 1 heterocycles. The van der Waals surface area contributed by atoms with Crippen molar-refractivity contribution in [2.45, 2.75) is 309 Å². The third kappa shape index (κ3) is 59.4. The van der Waals surface area contributed by atoms with Crippen molar-refractivity contribution in [1.82, 2.24) is 19.6 Å². The van der Waals surface area contributed by atoms with Gasteiger partial charge in [0, 0.05) is 83.4 Å². The smallest absolute Gasteiger partial charge is 0.305 e. The largest absolute Gasteiger partial charge is 0.464 e. The van der Waals surface area contributed by atoms with Gasteiger partial charge in [-0.15, -0.1) is 0 Å². The third-order valence-electron chi connectivity index (χ3n) is 17.2. The van der Waals surface area contributed by atoms with Crippen LogP contribution in [0.4, 0.5) is 0 Å². The van der Waals surface area contributed by atoms with Crippen molar-refractivity contribution in [3.05, 3.63) is 77.8 Å². The van der Waals surface area contributed by atoms with Gasteiger partial charge in [-0.2, -0.15) is 4.91 Å². The average molecular weight is 1290 g/mol. The second-order valence-electron chi connectivity index (χ2n) is 25.7. The highest BCUT2D eigenvalue weighted by Gasteiger charge is 2.21. The summed E-state index contributed by atoms with van der Waals surface area (Å²) in [5, 5.41) is 36.9. The summed E-state index contributed by atoms with van der Waals surface area (Å²) in [6.45, 7) is 19.1. The van der Waals surface area contributed by atoms with E-state index in [1.54, 1.807) is 0 Å². The predicted molar refractivity (Wildman–Crippen MR) is 391 cm³/mol. The molecule has 4 atom stereocenters.